The predicted molar refractivity (Wildman–Crippen MR) is 136 cm³/mol. The summed E-state index contributed by atoms with van der Waals surface area (Å²) in [5.74, 6) is 0.834. The fraction of sp³-hybridized carbons (Fsp3) is 0.400. The zero-order valence-electron chi connectivity index (χ0n) is 20.2. The average molecular weight is 452 g/mol. The number of benzene rings is 2. The summed E-state index contributed by atoms with van der Waals surface area (Å²) >= 11 is 0. The molecule has 0 fully saturated rings. The summed E-state index contributed by atoms with van der Waals surface area (Å²) in [5, 5.41) is 6.06. The third-order valence-corrected chi connectivity index (χ3v) is 10.4. The molecule has 2 aliphatic heterocycles. The minimum atomic E-state index is -2.33. The minimum absolute atomic E-state index is 0.147. The fourth-order valence-corrected chi connectivity index (χ4v) is 8.75. The average Bonchev–Trinajstić information content (AvgIpc) is 3.21. The first-order valence-electron chi connectivity index (χ1n) is 11.2. The van der Waals surface area contributed by atoms with Gasteiger partial charge in [-0.1, -0.05) is 45.9 Å². The summed E-state index contributed by atoms with van der Waals surface area (Å²) in [6.07, 6.45) is 2.05. The van der Waals surface area contributed by atoms with Crippen molar-refractivity contribution in [3.8, 4) is 5.75 Å². The second kappa shape index (κ2) is 8.42. The molecule has 1 atom stereocenters. The van der Waals surface area contributed by atoms with Gasteiger partial charge in [0.05, 0.1) is 24.3 Å². The van der Waals surface area contributed by atoms with E-state index >= 15 is 0 Å². The number of ether oxygens (including phenoxy) is 1. The van der Waals surface area contributed by atoms with E-state index in [1.165, 1.54) is 22.3 Å². The maximum atomic E-state index is 5.47. The molecule has 0 unspecified atom stereocenters. The number of hydrogen-bond acceptors (Lipinski definition) is 4. The quantitative estimate of drug-likeness (QED) is 0.503. The molecule has 0 N–H and O–H groups in total. The highest BCUT2D eigenvalue weighted by atomic mass is 31.2. The number of allylic oxidation sites excluding steroid dienone is 2. The zero-order valence-corrected chi connectivity index (χ0v) is 21.1. The van der Waals surface area contributed by atoms with Gasteiger partial charge in [-0.25, -0.2) is 14.2 Å². The maximum absolute atomic E-state index is 5.47. The molecule has 0 amide bonds. The number of hydrogen-bond donors (Lipinski definition) is 0. The van der Waals surface area contributed by atoms with Crippen molar-refractivity contribution in [2.45, 2.75) is 33.1 Å². The van der Waals surface area contributed by atoms with Crippen LogP contribution in [0.1, 0.15) is 33.3 Å². The van der Waals surface area contributed by atoms with Crippen LogP contribution in [0, 0.1) is 0 Å². The molecule has 2 aliphatic rings. The van der Waals surface area contributed by atoms with Crippen molar-refractivity contribution in [1.29, 1.82) is 0 Å². The van der Waals surface area contributed by atoms with Crippen molar-refractivity contribution >= 4 is 24.9 Å². The van der Waals surface area contributed by atoms with Gasteiger partial charge >= 0.3 is 0 Å². The number of anilines is 1. The van der Waals surface area contributed by atoms with Crippen molar-refractivity contribution in [3.63, 3.8) is 0 Å². The van der Waals surface area contributed by atoms with Gasteiger partial charge in [-0.05, 0) is 35.9 Å². The van der Waals surface area contributed by atoms with E-state index in [2.05, 4.69) is 86.6 Å². The Bertz CT molecular complexity index is 1120. The molecule has 0 spiro atoms. The number of likely N-dealkylation sites (N-methyl/N-ethyl adjacent to an activating group) is 1. The molecule has 7 heteroatoms. The van der Waals surface area contributed by atoms with Crippen LogP contribution in [0.15, 0.2) is 69.4 Å². The molecule has 0 aromatic heterocycles. The monoisotopic (exact) mass is 451 g/mol. The zero-order chi connectivity index (χ0) is 23.1. The van der Waals surface area contributed by atoms with E-state index in [1.54, 1.807) is 7.11 Å². The number of nitrogens with zero attached hydrogens (tertiary/aromatic N) is 5. The first-order chi connectivity index (χ1) is 15.3. The van der Waals surface area contributed by atoms with Crippen molar-refractivity contribution in [2.75, 3.05) is 39.2 Å². The minimum Gasteiger partial charge on any atom is -0.497 e. The number of fused-ring (bicyclic) bond motifs is 1. The molecular weight excluding hydrogens is 417 g/mol. The van der Waals surface area contributed by atoms with E-state index in [9.17, 15) is 0 Å². The van der Waals surface area contributed by atoms with E-state index < -0.39 is 7.36 Å². The van der Waals surface area contributed by atoms with Crippen LogP contribution in [0.3, 0.4) is 0 Å². The van der Waals surface area contributed by atoms with Crippen LogP contribution in [-0.4, -0.2) is 50.0 Å². The van der Waals surface area contributed by atoms with Crippen LogP contribution in [0.25, 0.3) is 0 Å². The van der Waals surface area contributed by atoms with Crippen LogP contribution >= 0.6 is 7.36 Å². The standard InChI is InChI=1S/C25H34N5OP/c1-8-30(9-2)32(27-19-14-16-20(31-7)17-15-19)23(18-26-29(32)6)24-25(3,4)21-12-10-11-13-22(21)28(24)5/h10-18H,8-9H2,1-7H3/b24-23+/t32-/m1/s1. The fourth-order valence-electron chi connectivity index (χ4n) is 5.05. The summed E-state index contributed by atoms with van der Waals surface area (Å²) in [6, 6.07) is 16.7. The lowest BCUT2D eigenvalue weighted by atomic mass is 9.84. The highest BCUT2D eigenvalue weighted by Gasteiger charge is 2.47. The summed E-state index contributed by atoms with van der Waals surface area (Å²) in [6.45, 7) is 10.8. The van der Waals surface area contributed by atoms with Gasteiger partial charge < -0.3 is 9.64 Å². The highest BCUT2D eigenvalue weighted by molar-refractivity contribution is 7.67. The van der Waals surface area contributed by atoms with Gasteiger partial charge in [0.15, 0.2) is 7.36 Å². The number of para-hydroxylation sites is 1. The Morgan fingerprint density at radius 3 is 2.28 bits per heavy atom. The number of methoxy groups -OCH3 is 1. The molecule has 0 saturated carbocycles. The van der Waals surface area contributed by atoms with Gasteiger partial charge in [0.25, 0.3) is 0 Å². The molecule has 2 aromatic carbocycles. The summed E-state index contributed by atoms with van der Waals surface area (Å²) in [5.41, 5.74) is 4.67. The van der Waals surface area contributed by atoms with Crippen molar-refractivity contribution in [1.82, 2.24) is 9.45 Å². The normalized spacial score (nSPS) is 23.8. The van der Waals surface area contributed by atoms with Gasteiger partial charge in [0, 0.05) is 44.0 Å². The third kappa shape index (κ3) is 3.28. The van der Waals surface area contributed by atoms with E-state index in [0.717, 1.165) is 24.5 Å². The number of rotatable bonds is 5. The Balaban J connectivity index is 2.02. The molecule has 0 aliphatic carbocycles. The van der Waals surface area contributed by atoms with Crippen LogP contribution in [-0.2, 0) is 5.41 Å². The molecule has 0 saturated heterocycles. The Labute approximate surface area is 192 Å². The topological polar surface area (TPSA) is 43.7 Å². The van der Waals surface area contributed by atoms with E-state index in [-0.39, 0.29) is 5.41 Å². The van der Waals surface area contributed by atoms with Crippen LogP contribution in [0.5, 0.6) is 5.75 Å². The third-order valence-electron chi connectivity index (χ3n) is 6.63. The second-order valence-corrected chi connectivity index (χ2v) is 11.6. The molecule has 32 heavy (non-hydrogen) atoms. The first-order valence-corrected chi connectivity index (χ1v) is 12.8. The summed E-state index contributed by atoms with van der Waals surface area (Å²) < 4.78 is 15.4. The molecule has 0 bridgehead atoms. The van der Waals surface area contributed by atoms with Crippen molar-refractivity contribution in [2.24, 2.45) is 9.85 Å². The molecule has 6 nitrogen and oxygen atoms in total. The number of hydrazone groups is 1. The smallest absolute Gasteiger partial charge is 0.174 e. The molecular formula is C25H34N5OP. The van der Waals surface area contributed by atoms with E-state index in [1.807, 2.05) is 24.3 Å². The summed E-state index contributed by atoms with van der Waals surface area (Å²) in [7, 11) is 3.60. The van der Waals surface area contributed by atoms with Crippen molar-refractivity contribution in [3.05, 3.63) is 65.1 Å². The predicted octanol–water partition coefficient (Wildman–Crippen LogP) is 6.27. The van der Waals surface area contributed by atoms with Gasteiger partial charge in [-0.15, -0.1) is 0 Å². The Morgan fingerprint density at radius 1 is 1.03 bits per heavy atom. The lowest BCUT2D eigenvalue weighted by molar-refractivity contribution is 0.415. The summed E-state index contributed by atoms with van der Waals surface area (Å²) in [4.78, 5) is 2.34. The Hall–Kier alpha value is -2.56. The largest absolute Gasteiger partial charge is 0.497 e. The maximum Gasteiger partial charge on any atom is 0.174 e. The lowest BCUT2D eigenvalue weighted by Crippen LogP contribution is -2.30. The van der Waals surface area contributed by atoms with Gasteiger partial charge in [0.1, 0.15) is 5.75 Å². The van der Waals surface area contributed by atoms with Crippen LogP contribution < -0.4 is 9.64 Å². The Kier molecular flexibility index (Phi) is 5.95. The van der Waals surface area contributed by atoms with E-state index in [0.29, 0.717) is 0 Å². The molecule has 0 radical (unpaired) electrons. The molecule has 170 valence electrons. The van der Waals surface area contributed by atoms with Crippen LogP contribution in [0.2, 0.25) is 0 Å². The SMILES string of the molecule is CCN(CC)[P@@]1(=Nc2ccc(OC)cc2)/C(=C2/N(C)c3ccccc3C2(C)C)C=NN1C. The van der Waals surface area contributed by atoms with Crippen LogP contribution in [0.4, 0.5) is 11.4 Å². The molecule has 2 heterocycles. The first kappa shape index (κ1) is 22.6. The second-order valence-electron chi connectivity index (χ2n) is 8.67. The lowest BCUT2D eigenvalue weighted by Gasteiger charge is -2.39. The van der Waals surface area contributed by atoms with Gasteiger partial charge in [-0.2, -0.15) is 5.10 Å². The van der Waals surface area contributed by atoms with E-state index in [4.69, 9.17) is 14.6 Å². The van der Waals surface area contributed by atoms with Gasteiger partial charge in [-0.3, -0.25) is 0 Å². The Morgan fingerprint density at radius 2 is 1.69 bits per heavy atom. The molecule has 2 aromatic rings. The highest BCUT2D eigenvalue weighted by Crippen LogP contribution is 2.69. The van der Waals surface area contributed by atoms with Crippen molar-refractivity contribution < 1.29 is 4.74 Å². The van der Waals surface area contributed by atoms with Gasteiger partial charge in [0.2, 0.25) is 0 Å². The molecule has 4 rings (SSSR count).